The van der Waals surface area contributed by atoms with Crippen LogP contribution in [-0.4, -0.2) is 12.6 Å². The molecule has 1 saturated carbocycles. The topological polar surface area (TPSA) is 38.0 Å². The van der Waals surface area contributed by atoms with Gasteiger partial charge in [0.1, 0.15) is 0 Å². The summed E-state index contributed by atoms with van der Waals surface area (Å²) in [4.78, 5) is 0. The summed E-state index contributed by atoms with van der Waals surface area (Å²) in [5, 5.41) is 4.84. The van der Waals surface area contributed by atoms with E-state index in [9.17, 15) is 0 Å². The first kappa shape index (κ1) is 14.1. The van der Waals surface area contributed by atoms with Crippen molar-refractivity contribution < 1.29 is 0 Å². The summed E-state index contributed by atoms with van der Waals surface area (Å²) in [7, 11) is 0. The lowest BCUT2D eigenvalue weighted by molar-refractivity contribution is 0.340. The van der Waals surface area contributed by atoms with Crippen molar-refractivity contribution in [3.05, 3.63) is 33.8 Å². The van der Waals surface area contributed by atoms with Gasteiger partial charge in [-0.25, -0.2) is 0 Å². The van der Waals surface area contributed by atoms with Crippen molar-refractivity contribution in [3.8, 4) is 0 Å². The molecule has 1 aromatic carbocycles. The van der Waals surface area contributed by atoms with Crippen molar-refractivity contribution in [2.45, 2.75) is 44.2 Å². The van der Waals surface area contributed by atoms with E-state index in [1.54, 1.807) is 0 Å². The lowest BCUT2D eigenvalue weighted by Crippen LogP contribution is -2.38. The van der Waals surface area contributed by atoms with Crippen LogP contribution in [0.3, 0.4) is 0 Å². The Hall–Kier alpha value is -0.280. The molecule has 1 aliphatic rings. The van der Waals surface area contributed by atoms with Gasteiger partial charge in [-0.3, -0.25) is 0 Å². The number of hydrogen-bond donors (Lipinski definition) is 2. The maximum atomic E-state index is 6.26. The largest absolute Gasteiger partial charge is 0.329 e. The molecule has 0 bridgehead atoms. The second-order valence-corrected chi connectivity index (χ2v) is 5.72. The van der Waals surface area contributed by atoms with Gasteiger partial charge in [0.05, 0.1) is 10.0 Å². The lowest BCUT2D eigenvalue weighted by Gasteiger charge is -2.28. The molecule has 2 rings (SSSR count). The first-order valence-electron chi connectivity index (χ1n) is 6.62. The van der Waals surface area contributed by atoms with Crippen molar-refractivity contribution in [1.29, 1.82) is 0 Å². The first-order valence-corrected chi connectivity index (χ1v) is 7.38. The maximum Gasteiger partial charge on any atom is 0.0640 e. The third-order valence-corrected chi connectivity index (χ3v) is 4.47. The number of benzene rings is 1. The van der Waals surface area contributed by atoms with E-state index in [-0.39, 0.29) is 6.04 Å². The van der Waals surface area contributed by atoms with Crippen molar-refractivity contribution >= 4 is 23.2 Å². The zero-order valence-electron chi connectivity index (χ0n) is 10.5. The molecule has 18 heavy (non-hydrogen) atoms. The molecule has 1 aliphatic carbocycles. The Morgan fingerprint density at radius 1 is 1.22 bits per heavy atom. The Kier molecular flexibility index (Phi) is 5.31. The highest BCUT2D eigenvalue weighted by Crippen LogP contribution is 2.30. The van der Waals surface area contributed by atoms with Gasteiger partial charge in [-0.15, -0.1) is 0 Å². The van der Waals surface area contributed by atoms with E-state index in [4.69, 9.17) is 28.9 Å². The van der Waals surface area contributed by atoms with Crippen LogP contribution in [0, 0.1) is 0 Å². The summed E-state index contributed by atoms with van der Waals surface area (Å²) in [5.74, 6) is 0. The first-order chi connectivity index (χ1) is 8.72. The number of nitrogens with one attached hydrogen (secondary N) is 1. The van der Waals surface area contributed by atoms with Crippen molar-refractivity contribution in [2.75, 3.05) is 6.54 Å². The van der Waals surface area contributed by atoms with Gasteiger partial charge in [0.2, 0.25) is 0 Å². The van der Waals surface area contributed by atoms with Crippen LogP contribution in [-0.2, 0) is 0 Å². The van der Waals surface area contributed by atoms with Crippen LogP contribution in [0.25, 0.3) is 0 Å². The van der Waals surface area contributed by atoms with Crippen LogP contribution in [0.1, 0.15) is 43.7 Å². The Morgan fingerprint density at radius 2 is 1.94 bits per heavy atom. The number of hydrogen-bond acceptors (Lipinski definition) is 2. The minimum atomic E-state index is 0.0966. The molecule has 0 aromatic heterocycles. The predicted molar refractivity (Wildman–Crippen MR) is 78.3 cm³/mol. The van der Waals surface area contributed by atoms with Crippen LogP contribution < -0.4 is 11.1 Å². The van der Waals surface area contributed by atoms with Crippen LogP contribution in [0.5, 0.6) is 0 Å². The number of rotatable bonds is 4. The quantitative estimate of drug-likeness (QED) is 0.881. The van der Waals surface area contributed by atoms with E-state index in [1.807, 2.05) is 18.2 Å². The third kappa shape index (κ3) is 3.39. The van der Waals surface area contributed by atoms with E-state index in [2.05, 4.69) is 5.32 Å². The zero-order chi connectivity index (χ0) is 13.0. The molecule has 0 heterocycles. The standard InChI is InChI=1S/C14H20Cl2N2/c15-12-8-4-7-11(14(12)16)13(9-17)18-10-5-2-1-3-6-10/h4,7-8,10,13,18H,1-3,5-6,9,17H2. The average Bonchev–Trinajstić information content (AvgIpc) is 2.41. The minimum absolute atomic E-state index is 0.0966. The molecule has 0 aliphatic heterocycles. The van der Waals surface area contributed by atoms with E-state index >= 15 is 0 Å². The highest BCUT2D eigenvalue weighted by molar-refractivity contribution is 6.42. The molecule has 0 saturated heterocycles. The molecule has 1 atom stereocenters. The van der Waals surface area contributed by atoms with E-state index in [1.165, 1.54) is 32.1 Å². The Bertz CT molecular complexity index is 389. The van der Waals surface area contributed by atoms with Gasteiger partial charge in [0.25, 0.3) is 0 Å². The third-order valence-electron chi connectivity index (χ3n) is 3.63. The minimum Gasteiger partial charge on any atom is -0.329 e. The highest BCUT2D eigenvalue weighted by atomic mass is 35.5. The fourth-order valence-corrected chi connectivity index (χ4v) is 3.07. The van der Waals surface area contributed by atoms with Gasteiger partial charge < -0.3 is 11.1 Å². The molecular formula is C14H20Cl2N2. The second-order valence-electron chi connectivity index (χ2n) is 4.93. The molecule has 0 amide bonds. The normalized spacial score (nSPS) is 18.8. The molecule has 100 valence electrons. The molecular weight excluding hydrogens is 267 g/mol. The summed E-state index contributed by atoms with van der Waals surface area (Å²) in [6, 6.07) is 6.39. The molecule has 1 unspecified atom stereocenters. The SMILES string of the molecule is NCC(NC1CCCCC1)c1cccc(Cl)c1Cl. The van der Waals surface area contributed by atoms with Crippen molar-refractivity contribution in [2.24, 2.45) is 5.73 Å². The fourth-order valence-electron chi connectivity index (χ4n) is 2.63. The van der Waals surface area contributed by atoms with Crippen LogP contribution in [0.15, 0.2) is 18.2 Å². The van der Waals surface area contributed by atoms with E-state index in [0.29, 0.717) is 22.6 Å². The van der Waals surface area contributed by atoms with Gasteiger partial charge in [-0.1, -0.05) is 54.6 Å². The van der Waals surface area contributed by atoms with Crippen LogP contribution >= 0.6 is 23.2 Å². The fraction of sp³-hybridized carbons (Fsp3) is 0.571. The van der Waals surface area contributed by atoms with E-state index in [0.717, 1.165) is 5.56 Å². The number of halogens is 2. The summed E-state index contributed by atoms with van der Waals surface area (Å²) in [6.07, 6.45) is 6.42. The van der Waals surface area contributed by atoms with E-state index < -0.39 is 0 Å². The molecule has 0 spiro atoms. The highest BCUT2D eigenvalue weighted by Gasteiger charge is 2.20. The average molecular weight is 287 g/mol. The lowest BCUT2D eigenvalue weighted by atomic mass is 9.94. The predicted octanol–water partition coefficient (Wildman–Crippen LogP) is 3.92. The summed E-state index contributed by atoms with van der Waals surface area (Å²) < 4.78 is 0. The molecule has 1 aromatic rings. The summed E-state index contributed by atoms with van der Waals surface area (Å²) in [5.41, 5.74) is 6.89. The molecule has 1 fully saturated rings. The Morgan fingerprint density at radius 3 is 2.61 bits per heavy atom. The van der Waals surface area contributed by atoms with Gasteiger partial charge in [0, 0.05) is 18.6 Å². The Balaban J connectivity index is 2.09. The molecule has 2 nitrogen and oxygen atoms in total. The number of nitrogens with two attached hydrogens (primary N) is 1. The molecule has 0 radical (unpaired) electrons. The summed E-state index contributed by atoms with van der Waals surface area (Å²) in [6.45, 7) is 0.538. The molecule has 3 N–H and O–H groups in total. The second kappa shape index (κ2) is 6.76. The Labute approximate surface area is 119 Å². The smallest absolute Gasteiger partial charge is 0.0640 e. The maximum absolute atomic E-state index is 6.26. The summed E-state index contributed by atoms with van der Waals surface area (Å²) >= 11 is 12.3. The van der Waals surface area contributed by atoms with Gasteiger partial charge in [-0.2, -0.15) is 0 Å². The van der Waals surface area contributed by atoms with Gasteiger partial charge in [-0.05, 0) is 24.5 Å². The van der Waals surface area contributed by atoms with Gasteiger partial charge >= 0.3 is 0 Å². The monoisotopic (exact) mass is 286 g/mol. The molecule has 4 heteroatoms. The van der Waals surface area contributed by atoms with Gasteiger partial charge in [0.15, 0.2) is 0 Å². The van der Waals surface area contributed by atoms with Crippen molar-refractivity contribution in [1.82, 2.24) is 5.32 Å². The van der Waals surface area contributed by atoms with Crippen LogP contribution in [0.4, 0.5) is 0 Å². The van der Waals surface area contributed by atoms with Crippen molar-refractivity contribution in [3.63, 3.8) is 0 Å². The van der Waals surface area contributed by atoms with Crippen LogP contribution in [0.2, 0.25) is 10.0 Å². The zero-order valence-corrected chi connectivity index (χ0v) is 12.0.